The van der Waals surface area contributed by atoms with Gasteiger partial charge in [0.25, 0.3) is 5.78 Å². The highest BCUT2D eigenvalue weighted by Gasteiger charge is 2.27. The van der Waals surface area contributed by atoms with E-state index in [9.17, 15) is 9.59 Å². The van der Waals surface area contributed by atoms with Crippen molar-refractivity contribution < 1.29 is 23.8 Å². The minimum Gasteiger partial charge on any atom is -0.496 e. The summed E-state index contributed by atoms with van der Waals surface area (Å²) in [5, 5.41) is 0. The van der Waals surface area contributed by atoms with Crippen LogP contribution in [0.4, 0.5) is 0 Å². The molecule has 0 unspecified atom stereocenters. The lowest BCUT2D eigenvalue weighted by molar-refractivity contribution is -0.137. The number of ether oxygens (including phenoxy) is 3. The second-order valence-corrected chi connectivity index (χ2v) is 5.55. The highest BCUT2D eigenvalue weighted by molar-refractivity contribution is 6.41. The first-order chi connectivity index (χ1) is 9.76. The van der Waals surface area contributed by atoms with Crippen molar-refractivity contribution in [3.8, 4) is 11.5 Å². The topological polar surface area (TPSA) is 61.8 Å². The van der Waals surface area contributed by atoms with Crippen molar-refractivity contribution in [1.82, 2.24) is 0 Å². The Morgan fingerprint density at radius 1 is 1.05 bits per heavy atom. The average molecular weight is 294 g/mol. The second kappa shape index (κ2) is 6.61. The maximum atomic E-state index is 12.1. The smallest absolute Gasteiger partial charge is 0.379 e. The van der Waals surface area contributed by atoms with E-state index in [0.717, 1.165) is 5.56 Å². The monoisotopic (exact) mass is 294 g/mol. The Morgan fingerprint density at radius 3 is 2.05 bits per heavy atom. The molecule has 0 aliphatic carbocycles. The van der Waals surface area contributed by atoms with Crippen molar-refractivity contribution in [1.29, 1.82) is 0 Å². The maximum Gasteiger partial charge on any atom is 0.379 e. The molecule has 0 fully saturated rings. The number of benzene rings is 1. The Hall–Kier alpha value is -2.04. The van der Waals surface area contributed by atoms with Crippen molar-refractivity contribution in [2.75, 3.05) is 20.8 Å². The lowest BCUT2D eigenvalue weighted by Crippen LogP contribution is -2.20. The third kappa shape index (κ3) is 3.74. The first-order valence-corrected chi connectivity index (χ1v) is 6.74. The van der Waals surface area contributed by atoms with Crippen LogP contribution in [0.15, 0.2) is 12.1 Å². The van der Waals surface area contributed by atoms with Gasteiger partial charge in [0, 0.05) is 5.56 Å². The number of hydrogen-bond donors (Lipinski definition) is 0. The van der Waals surface area contributed by atoms with Gasteiger partial charge in [-0.1, -0.05) is 20.8 Å². The molecule has 5 nitrogen and oxygen atoms in total. The molecule has 0 aliphatic rings. The summed E-state index contributed by atoms with van der Waals surface area (Å²) in [5.41, 5.74) is 0.840. The molecule has 0 heterocycles. The van der Waals surface area contributed by atoms with E-state index in [1.165, 1.54) is 20.3 Å². The number of Topliss-reactive ketones (excluding diaryl/α,β-unsaturated/α-hetero) is 1. The summed E-state index contributed by atoms with van der Waals surface area (Å²) in [4.78, 5) is 23.8. The molecule has 116 valence electrons. The number of hydrogen-bond acceptors (Lipinski definition) is 5. The molecule has 0 radical (unpaired) electrons. The first kappa shape index (κ1) is 17.0. The Bertz CT molecular complexity index is 540. The van der Waals surface area contributed by atoms with Crippen LogP contribution in [0, 0.1) is 0 Å². The molecule has 0 saturated heterocycles. The third-order valence-electron chi connectivity index (χ3n) is 3.04. The molecule has 1 rings (SSSR count). The molecule has 1 aromatic rings. The van der Waals surface area contributed by atoms with Crippen LogP contribution >= 0.6 is 0 Å². The highest BCUT2D eigenvalue weighted by atomic mass is 16.5. The quantitative estimate of drug-likeness (QED) is 0.475. The van der Waals surface area contributed by atoms with E-state index in [1.54, 1.807) is 13.0 Å². The van der Waals surface area contributed by atoms with E-state index >= 15 is 0 Å². The molecular weight excluding hydrogens is 272 g/mol. The van der Waals surface area contributed by atoms with Crippen molar-refractivity contribution >= 4 is 11.8 Å². The first-order valence-electron chi connectivity index (χ1n) is 6.74. The molecule has 21 heavy (non-hydrogen) atoms. The molecule has 0 spiro atoms. The zero-order valence-electron chi connectivity index (χ0n) is 13.4. The molecule has 5 heteroatoms. The van der Waals surface area contributed by atoms with E-state index < -0.39 is 11.8 Å². The molecule has 0 bridgehead atoms. The van der Waals surface area contributed by atoms with Gasteiger partial charge in [0.05, 0.1) is 26.4 Å². The summed E-state index contributed by atoms with van der Waals surface area (Å²) in [6, 6.07) is 3.25. The van der Waals surface area contributed by atoms with E-state index in [4.69, 9.17) is 14.2 Å². The molecule has 0 N–H and O–H groups in total. The van der Waals surface area contributed by atoms with Crippen LogP contribution in [0.5, 0.6) is 11.5 Å². The van der Waals surface area contributed by atoms with Crippen LogP contribution in [0.25, 0.3) is 0 Å². The van der Waals surface area contributed by atoms with Crippen LogP contribution in [0.2, 0.25) is 0 Å². The average Bonchev–Trinajstić information content (AvgIpc) is 2.44. The van der Waals surface area contributed by atoms with Crippen LogP contribution in [0.1, 0.15) is 43.6 Å². The van der Waals surface area contributed by atoms with Crippen LogP contribution in [0.3, 0.4) is 0 Å². The Morgan fingerprint density at radius 2 is 1.62 bits per heavy atom. The minimum absolute atomic E-state index is 0.140. The predicted molar refractivity (Wildman–Crippen MR) is 79.2 cm³/mol. The zero-order chi connectivity index (χ0) is 16.2. The van der Waals surface area contributed by atoms with Gasteiger partial charge >= 0.3 is 5.97 Å². The normalized spacial score (nSPS) is 11.0. The van der Waals surface area contributed by atoms with Gasteiger partial charge in [-0.05, 0) is 24.5 Å². The number of rotatable bonds is 5. The van der Waals surface area contributed by atoms with Crippen LogP contribution < -0.4 is 9.47 Å². The standard InChI is InChI=1S/C16H22O5/c1-7-21-15(18)14(17)10-8-13(20-6)11(16(2,3)4)9-12(10)19-5/h8-9H,7H2,1-6H3. The molecule has 0 amide bonds. The van der Waals surface area contributed by atoms with Crippen molar-refractivity contribution in [3.63, 3.8) is 0 Å². The van der Waals surface area contributed by atoms with E-state index in [2.05, 4.69) is 0 Å². The number of carbonyl (C=O) groups is 2. The Balaban J connectivity index is 3.41. The molecular formula is C16H22O5. The van der Waals surface area contributed by atoms with Crippen LogP contribution in [-0.4, -0.2) is 32.6 Å². The van der Waals surface area contributed by atoms with Gasteiger partial charge < -0.3 is 14.2 Å². The van der Waals surface area contributed by atoms with E-state index in [0.29, 0.717) is 11.5 Å². The van der Waals surface area contributed by atoms with Crippen LogP contribution in [-0.2, 0) is 14.9 Å². The number of esters is 1. The Kier molecular flexibility index (Phi) is 5.35. The van der Waals surface area contributed by atoms with Gasteiger partial charge in [-0.15, -0.1) is 0 Å². The van der Waals surface area contributed by atoms with Gasteiger partial charge in [0.2, 0.25) is 0 Å². The fourth-order valence-corrected chi connectivity index (χ4v) is 1.97. The predicted octanol–water partition coefficient (Wildman–Crippen LogP) is 2.75. The summed E-state index contributed by atoms with van der Waals surface area (Å²) in [7, 11) is 2.98. The summed E-state index contributed by atoms with van der Waals surface area (Å²) in [6.07, 6.45) is 0. The second-order valence-electron chi connectivity index (χ2n) is 5.55. The lowest BCUT2D eigenvalue weighted by Gasteiger charge is -2.23. The highest BCUT2D eigenvalue weighted by Crippen LogP contribution is 2.36. The summed E-state index contributed by atoms with van der Waals surface area (Å²) >= 11 is 0. The van der Waals surface area contributed by atoms with Crippen molar-refractivity contribution in [3.05, 3.63) is 23.3 Å². The van der Waals surface area contributed by atoms with Crippen molar-refractivity contribution in [2.24, 2.45) is 0 Å². The van der Waals surface area contributed by atoms with E-state index in [-0.39, 0.29) is 17.6 Å². The molecule has 0 atom stereocenters. The number of carbonyl (C=O) groups excluding carboxylic acids is 2. The molecule has 1 aromatic carbocycles. The maximum absolute atomic E-state index is 12.1. The molecule has 0 aromatic heterocycles. The van der Waals surface area contributed by atoms with Gasteiger partial charge in [0.1, 0.15) is 11.5 Å². The Labute approximate surface area is 125 Å². The minimum atomic E-state index is -0.902. The number of ketones is 1. The van der Waals surface area contributed by atoms with Gasteiger partial charge in [-0.3, -0.25) is 4.79 Å². The summed E-state index contributed by atoms with van der Waals surface area (Å²) in [6.45, 7) is 7.86. The van der Waals surface area contributed by atoms with Crippen molar-refractivity contribution in [2.45, 2.75) is 33.1 Å². The number of methoxy groups -OCH3 is 2. The van der Waals surface area contributed by atoms with Gasteiger partial charge in [-0.25, -0.2) is 4.79 Å². The molecule has 0 aliphatic heterocycles. The van der Waals surface area contributed by atoms with E-state index in [1.807, 2.05) is 20.8 Å². The van der Waals surface area contributed by atoms with Gasteiger partial charge in [0.15, 0.2) is 0 Å². The fourth-order valence-electron chi connectivity index (χ4n) is 1.97. The summed E-state index contributed by atoms with van der Waals surface area (Å²) in [5.74, 6) is -0.774. The SMILES string of the molecule is CCOC(=O)C(=O)c1cc(OC)c(C(C)(C)C)cc1OC. The van der Waals surface area contributed by atoms with Gasteiger partial charge in [-0.2, -0.15) is 0 Å². The largest absolute Gasteiger partial charge is 0.496 e. The lowest BCUT2D eigenvalue weighted by atomic mass is 9.85. The molecule has 0 saturated carbocycles. The zero-order valence-corrected chi connectivity index (χ0v) is 13.4. The summed E-state index contributed by atoms with van der Waals surface area (Å²) < 4.78 is 15.3. The third-order valence-corrected chi connectivity index (χ3v) is 3.04. The fraction of sp³-hybridized carbons (Fsp3) is 0.500.